The monoisotopic (exact) mass is 258 g/mol. The molecule has 1 fully saturated rings. The Bertz CT molecular complexity index is 519. The number of benzene rings is 1. The zero-order chi connectivity index (χ0) is 13.3. The highest BCUT2D eigenvalue weighted by atomic mass is 19.2. The zero-order valence-electron chi connectivity index (χ0n) is 9.17. The van der Waals surface area contributed by atoms with E-state index in [9.17, 15) is 22.8 Å². The fourth-order valence-corrected chi connectivity index (χ4v) is 1.67. The van der Waals surface area contributed by atoms with Gasteiger partial charge in [0.25, 0.3) is 0 Å². The minimum absolute atomic E-state index is 0.0236. The first-order chi connectivity index (χ1) is 8.49. The van der Waals surface area contributed by atoms with Gasteiger partial charge < -0.3 is 10.2 Å². The van der Waals surface area contributed by atoms with Crippen LogP contribution in [0.3, 0.4) is 0 Å². The predicted molar refractivity (Wildman–Crippen MR) is 56.3 cm³/mol. The number of anilines is 1. The fraction of sp³-hybridized carbons (Fsp3) is 0.273. The number of amides is 2. The third-order valence-electron chi connectivity index (χ3n) is 2.58. The van der Waals surface area contributed by atoms with Crippen molar-refractivity contribution >= 4 is 17.5 Å². The molecule has 4 nitrogen and oxygen atoms in total. The topological polar surface area (TPSA) is 49.4 Å². The van der Waals surface area contributed by atoms with Crippen LogP contribution in [0.4, 0.5) is 18.9 Å². The molecule has 0 unspecified atom stereocenters. The van der Waals surface area contributed by atoms with Gasteiger partial charge in [0.15, 0.2) is 11.6 Å². The van der Waals surface area contributed by atoms with E-state index in [0.717, 1.165) is 4.90 Å². The first kappa shape index (κ1) is 12.4. The molecule has 18 heavy (non-hydrogen) atoms. The van der Waals surface area contributed by atoms with Gasteiger partial charge in [0, 0.05) is 25.1 Å². The SMILES string of the molecule is O=C1CCN(c2cc(F)c(F)cc2F)C(=O)CN1. The molecule has 1 heterocycles. The van der Waals surface area contributed by atoms with Crippen LogP contribution in [0.25, 0.3) is 0 Å². The molecule has 1 aliphatic rings. The molecular weight excluding hydrogens is 249 g/mol. The molecule has 0 bridgehead atoms. The Labute approximate surface area is 100 Å². The van der Waals surface area contributed by atoms with Crippen LogP contribution in [0.1, 0.15) is 6.42 Å². The lowest BCUT2D eigenvalue weighted by Crippen LogP contribution is -2.35. The van der Waals surface area contributed by atoms with Gasteiger partial charge in [-0.1, -0.05) is 0 Å². The lowest BCUT2D eigenvalue weighted by atomic mass is 10.2. The number of nitrogens with one attached hydrogen (secondary N) is 1. The third-order valence-corrected chi connectivity index (χ3v) is 2.58. The molecule has 0 atom stereocenters. The largest absolute Gasteiger partial charge is 0.347 e. The van der Waals surface area contributed by atoms with Crippen LogP contribution < -0.4 is 10.2 Å². The summed E-state index contributed by atoms with van der Waals surface area (Å²) in [6, 6.07) is 0.983. The number of carbonyl (C=O) groups is 2. The van der Waals surface area contributed by atoms with Crippen LogP contribution >= 0.6 is 0 Å². The highest BCUT2D eigenvalue weighted by Crippen LogP contribution is 2.23. The van der Waals surface area contributed by atoms with Crippen molar-refractivity contribution in [2.45, 2.75) is 6.42 Å². The number of halogens is 3. The smallest absolute Gasteiger partial charge is 0.246 e. The second-order valence-electron chi connectivity index (χ2n) is 3.79. The Morgan fingerprint density at radius 2 is 1.72 bits per heavy atom. The average molecular weight is 258 g/mol. The maximum absolute atomic E-state index is 13.5. The summed E-state index contributed by atoms with van der Waals surface area (Å²) in [5.74, 6) is -4.55. The molecule has 0 radical (unpaired) electrons. The van der Waals surface area contributed by atoms with Crippen molar-refractivity contribution in [3.8, 4) is 0 Å². The van der Waals surface area contributed by atoms with E-state index in [1.165, 1.54) is 0 Å². The molecular formula is C11H9F3N2O2. The number of carbonyl (C=O) groups excluding carboxylic acids is 2. The van der Waals surface area contributed by atoms with Crippen molar-refractivity contribution in [2.75, 3.05) is 18.0 Å². The molecule has 2 amide bonds. The minimum atomic E-state index is -1.33. The van der Waals surface area contributed by atoms with Gasteiger partial charge in [-0.05, 0) is 0 Å². The number of hydrogen-bond acceptors (Lipinski definition) is 2. The Kier molecular flexibility index (Phi) is 3.22. The summed E-state index contributed by atoms with van der Waals surface area (Å²) in [6.07, 6.45) is -0.0236. The van der Waals surface area contributed by atoms with Gasteiger partial charge >= 0.3 is 0 Å². The van der Waals surface area contributed by atoms with E-state index in [4.69, 9.17) is 0 Å². The summed E-state index contributed by atoms with van der Waals surface area (Å²) in [4.78, 5) is 23.7. The second kappa shape index (κ2) is 4.67. The van der Waals surface area contributed by atoms with E-state index in [1.807, 2.05) is 0 Å². The Hall–Kier alpha value is -2.05. The molecule has 1 aromatic rings. The van der Waals surface area contributed by atoms with E-state index in [0.29, 0.717) is 12.1 Å². The minimum Gasteiger partial charge on any atom is -0.347 e. The average Bonchev–Trinajstić information content (AvgIpc) is 2.47. The molecule has 1 N–H and O–H groups in total. The molecule has 96 valence electrons. The van der Waals surface area contributed by atoms with Gasteiger partial charge in [-0.3, -0.25) is 9.59 Å². The molecule has 0 saturated carbocycles. The van der Waals surface area contributed by atoms with E-state index in [1.54, 1.807) is 0 Å². The van der Waals surface area contributed by atoms with E-state index < -0.39 is 23.4 Å². The van der Waals surface area contributed by atoms with Gasteiger partial charge in [0.1, 0.15) is 5.82 Å². The molecule has 1 saturated heterocycles. The van der Waals surface area contributed by atoms with Gasteiger partial charge in [-0.2, -0.15) is 0 Å². The van der Waals surface area contributed by atoms with E-state index >= 15 is 0 Å². The quantitative estimate of drug-likeness (QED) is 0.763. The summed E-state index contributed by atoms with van der Waals surface area (Å²) < 4.78 is 39.4. The molecule has 2 rings (SSSR count). The first-order valence-electron chi connectivity index (χ1n) is 5.20. The molecule has 1 aromatic carbocycles. The first-order valence-corrected chi connectivity index (χ1v) is 5.20. The Morgan fingerprint density at radius 3 is 2.44 bits per heavy atom. The van der Waals surface area contributed by atoms with Gasteiger partial charge in [-0.15, -0.1) is 0 Å². The van der Waals surface area contributed by atoms with Gasteiger partial charge in [0.05, 0.1) is 12.2 Å². The van der Waals surface area contributed by atoms with Crippen LogP contribution in [-0.2, 0) is 9.59 Å². The van der Waals surface area contributed by atoms with Crippen molar-refractivity contribution in [1.29, 1.82) is 0 Å². The van der Waals surface area contributed by atoms with Crippen molar-refractivity contribution in [3.63, 3.8) is 0 Å². The molecule has 0 aliphatic carbocycles. The van der Waals surface area contributed by atoms with Crippen LogP contribution in [0, 0.1) is 17.5 Å². The van der Waals surface area contributed by atoms with Crippen LogP contribution in [0.2, 0.25) is 0 Å². The summed E-state index contributed by atoms with van der Waals surface area (Å²) in [6.45, 7) is -0.371. The van der Waals surface area contributed by atoms with Crippen molar-refractivity contribution in [2.24, 2.45) is 0 Å². The maximum atomic E-state index is 13.5. The standard InChI is InChI=1S/C11H9F3N2O2/c12-6-3-8(14)9(4-7(6)13)16-2-1-10(17)15-5-11(16)18/h3-4H,1-2,5H2,(H,15,17). The van der Waals surface area contributed by atoms with E-state index in [2.05, 4.69) is 5.32 Å². The number of rotatable bonds is 1. The molecule has 1 aliphatic heterocycles. The normalized spacial score (nSPS) is 16.5. The summed E-state index contributed by atoms with van der Waals surface area (Å²) >= 11 is 0. The number of hydrogen-bond donors (Lipinski definition) is 1. The number of nitrogens with zero attached hydrogens (tertiary/aromatic N) is 1. The molecule has 0 aromatic heterocycles. The third kappa shape index (κ3) is 2.29. The van der Waals surface area contributed by atoms with Crippen molar-refractivity contribution in [1.82, 2.24) is 5.32 Å². The maximum Gasteiger partial charge on any atom is 0.246 e. The highest BCUT2D eigenvalue weighted by molar-refractivity contribution is 5.98. The van der Waals surface area contributed by atoms with Crippen LogP contribution in [0.15, 0.2) is 12.1 Å². The van der Waals surface area contributed by atoms with Crippen LogP contribution in [-0.4, -0.2) is 24.9 Å². The Morgan fingerprint density at radius 1 is 1.06 bits per heavy atom. The zero-order valence-corrected chi connectivity index (χ0v) is 9.17. The van der Waals surface area contributed by atoms with Crippen molar-refractivity contribution in [3.05, 3.63) is 29.6 Å². The lowest BCUT2D eigenvalue weighted by Gasteiger charge is -2.20. The van der Waals surface area contributed by atoms with Gasteiger partial charge in [-0.25, -0.2) is 13.2 Å². The predicted octanol–water partition coefficient (Wildman–Crippen LogP) is 0.957. The fourth-order valence-electron chi connectivity index (χ4n) is 1.67. The second-order valence-corrected chi connectivity index (χ2v) is 3.79. The van der Waals surface area contributed by atoms with Crippen molar-refractivity contribution < 1.29 is 22.8 Å². The van der Waals surface area contributed by atoms with Crippen LogP contribution in [0.5, 0.6) is 0 Å². The van der Waals surface area contributed by atoms with E-state index in [-0.39, 0.29) is 31.1 Å². The summed E-state index contributed by atoms with van der Waals surface area (Å²) in [5, 5.41) is 2.32. The summed E-state index contributed by atoms with van der Waals surface area (Å²) in [7, 11) is 0. The highest BCUT2D eigenvalue weighted by Gasteiger charge is 2.25. The Balaban J connectivity index is 2.38. The molecule has 0 spiro atoms. The van der Waals surface area contributed by atoms with Gasteiger partial charge in [0.2, 0.25) is 11.8 Å². The molecule has 7 heteroatoms. The lowest BCUT2D eigenvalue weighted by molar-refractivity contribution is -0.123. The summed E-state index contributed by atoms with van der Waals surface area (Å²) in [5.41, 5.74) is -0.365.